The fourth-order valence-electron chi connectivity index (χ4n) is 3.49. The monoisotopic (exact) mass is 389 g/mol. The summed E-state index contributed by atoms with van der Waals surface area (Å²) in [6.07, 6.45) is 0. The molecule has 0 aromatic heterocycles. The first-order valence-electron chi connectivity index (χ1n) is 8.61. The third kappa shape index (κ3) is 3.05. The number of carbonyl (C=O) groups excluding carboxylic acids is 1. The minimum atomic E-state index is -0.619. The van der Waals surface area contributed by atoms with Gasteiger partial charge in [0.2, 0.25) is 11.7 Å². The first-order chi connectivity index (χ1) is 13.5. The predicted molar refractivity (Wildman–Crippen MR) is 102 cm³/mol. The number of methoxy groups -OCH3 is 4. The van der Waals surface area contributed by atoms with Crippen LogP contribution in [0.25, 0.3) is 0 Å². The molecule has 8 heteroatoms. The maximum Gasteiger partial charge on any atom is 0.235 e. The van der Waals surface area contributed by atoms with Crippen LogP contribution in [0.3, 0.4) is 0 Å². The molecule has 0 spiro atoms. The lowest BCUT2D eigenvalue weighted by Crippen LogP contribution is -2.56. The standard InChI is InChI=1S/C20H23NO7/c1-25-15-6-5-11(7-14(15)23)18-13(10-22)20(24)21(18)12-8-16(26-2)19(28-4)17(9-12)27-3/h5-9,13,18,22-23H,10H2,1-4H3/t13-,18+/m1/s1. The van der Waals surface area contributed by atoms with Crippen molar-refractivity contribution in [2.45, 2.75) is 6.04 Å². The van der Waals surface area contributed by atoms with Gasteiger partial charge in [-0.1, -0.05) is 6.07 Å². The summed E-state index contributed by atoms with van der Waals surface area (Å²) in [5.41, 5.74) is 1.20. The number of phenols is 1. The van der Waals surface area contributed by atoms with Gasteiger partial charge in [0.15, 0.2) is 23.0 Å². The van der Waals surface area contributed by atoms with Gasteiger partial charge in [0.25, 0.3) is 0 Å². The van der Waals surface area contributed by atoms with Crippen LogP contribution in [0.15, 0.2) is 30.3 Å². The van der Waals surface area contributed by atoms with E-state index in [9.17, 15) is 15.0 Å². The van der Waals surface area contributed by atoms with E-state index in [0.29, 0.717) is 34.2 Å². The summed E-state index contributed by atoms with van der Waals surface area (Å²) in [4.78, 5) is 14.2. The van der Waals surface area contributed by atoms with E-state index in [1.54, 1.807) is 24.3 Å². The van der Waals surface area contributed by atoms with Crippen molar-refractivity contribution in [2.24, 2.45) is 5.92 Å². The molecular weight excluding hydrogens is 366 g/mol. The van der Waals surface area contributed by atoms with Crippen LogP contribution in [0.2, 0.25) is 0 Å². The summed E-state index contributed by atoms with van der Waals surface area (Å²) in [5, 5.41) is 19.8. The van der Waals surface area contributed by atoms with E-state index in [1.165, 1.54) is 39.4 Å². The Morgan fingerprint density at radius 1 is 0.929 bits per heavy atom. The number of amides is 1. The zero-order valence-electron chi connectivity index (χ0n) is 16.1. The van der Waals surface area contributed by atoms with Gasteiger partial charge in [-0.25, -0.2) is 0 Å². The molecule has 2 N–H and O–H groups in total. The second-order valence-corrected chi connectivity index (χ2v) is 6.26. The molecule has 2 aromatic rings. The number of anilines is 1. The lowest BCUT2D eigenvalue weighted by molar-refractivity contribution is -0.132. The lowest BCUT2D eigenvalue weighted by atomic mass is 9.82. The third-order valence-electron chi connectivity index (χ3n) is 4.88. The Labute approximate surface area is 162 Å². The molecule has 28 heavy (non-hydrogen) atoms. The average molecular weight is 389 g/mol. The summed E-state index contributed by atoms with van der Waals surface area (Å²) >= 11 is 0. The van der Waals surface area contributed by atoms with E-state index in [4.69, 9.17) is 18.9 Å². The number of β-lactam (4-membered cyclic amide) rings is 1. The molecule has 1 aliphatic rings. The van der Waals surface area contributed by atoms with Crippen molar-refractivity contribution in [2.75, 3.05) is 39.9 Å². The van der Waals surface area contributed by atoms with Gasteiger partial charge < -0.3 is 34.1 Å². The van der Waals surface area contributed by atoms with Crippen LogP contribution in [0.4, 0.5) is 5.69 Å². The number of phenolic OH excluding ortho intramolecular Hbond substituents is 1. The molecule has 2 atom stereocenters. The van der Waals surface area contributed by atoms with Crippen LogP contribution < -0.4 is 23.8 Å². The van der Waals surface area contributed by atoms with E-state index in [2.05, 4.69) is 0 Å². The Morgan fingerprint density at radius 3 is 2.00 bits per heavy atom. The van der Waals surface area contributed by atoms with Crippen LogP contribution in [0, 0.1) is 5.92 Å². The minimum Gasteiger partial charge on any atom is -0.504 e. The molecule has 1 aliphatic heterocycles. The van der Waals surface area contributed by atoms with Gasteiger partial charge >= 0.3 is 0 Å². The van der Waals surface area contributed by atoms with Gasteiger partial charge in [-0.3, -0.25) is 4.79 Å². The number of carbonyl (C=O) groups is 1. The highest BCUT2D eigenvalue weighted by Crippen LogP contribution is 2.49. The van der Waals surface area contributed by atoms with Crippen molar-refractivity contribution in [1.82, 2.24) is 0 Å². The van der Waals surface area contributed by atoms with Crippen LogP contribution >= 0.6 is 0 Å². The molecule has 0 saturated carbocycles. The number of rotatable bonds is 7. The molecule has 150 valence electrons. The van der Waals surface area contributed by atoms with Gasteiger partial charge in [0.1, 0.15) is 0 Å². The molecule has 1 heterocycles. The summed E-state index contributed by atoms with van der Waals surface area (Å²) in [7, 11) is 5.95. The van der Waals surface area contributed by atoms with Crippen molar-refractivity contribution in [1.29, 1.82) is 0 Å². The fraction of sp³-hybridized carbons (Fsp3) is 0.350. The molecule has 1 amide bonds. The molecular formula is C20H23NO7. The molecule has 1 saturated heterocycles. The largest absolute Gasteiger partial charge is 0.504 e. The molecule has 0 aliphatic carbocycles. The third-order valence-corrected chi connectivity index (χ3v) is 4.88. The Hall–Kier alpha value is -3.13. The maximum absolute atomic E-state index is 12.7. The van der Waals surface area contributed by atoms with Gasteiger partial charge in [-0.05, 0) is 17.7 Å². The average Bonchev–Trinajstić information content (AvgIpc) is 2.71. The quantitative estimate of drug-likeness (QED) is 0.700. The van der Waals surface area contributed by atoms with E-state index >= 15 is 0 Å². The van der Waals surface area contributed by atoms with Gasteiger partial charge in [-0.2, -0.15) is 0 Å². The Morgan fingerprint density at radius 2 is 1.54 bits per heavy atom. The van der Waals surface area contributed by atoms with Crippen LogP contribution in [0.1, 0.15) is 11.6 Å². The van der Waals surface area contributed by atoms with Crippen molar-refractivity contribution >= 4 is 11.6 Å². The Kier molecular flexibility index (Phi) is 5.51. The number of aliphatic hydroxyl groups excluding tert-OH is 1. The lowest BCUT2D eigenvalue weighted by Gasteiger charge is -2.47. The van der Waals surface area contributed by atoms with Gasteiger partial charge in [0.05, 0.1) is 52.7 Å². The van der Waals surface area contributed by atoms with Crippen molar-refractivity contribution in [3.05, 3.63) is 35.9 Å². The Bertz CT molecular complexity index is 858. The molecule has 0 unspecified atom stereocenters. The fourth-order valence-corrected chi connectivity index (χ4v) is 3.49. The van der Waals surface area contributed by atoms with Crippen LogP contribution in [-0.2, 0) is 4.79 Å². The predicted octanol–water partition coefficient (Wildman–Crippen LogP) is 2.12. The highest BCUT2D eigenvalue weighted by atomic mass is 16.5. The number of hydrogen-bond donors (Lipinski definition) is 2. The molecule has 3 rings (SSSR count). The first kappa shape index (κ1) is 19.6. The molecule has 0 radical (unpaired) electrons. The highest BCUT2D eigenvalue weighted by molar-refractivity contribution is 6.03. The molecule has 1 fully saturated rings. The summed E-state index contributed by atoms with van der Waals surface area (Å²) in [5.74, 6) is 0.667. The number of aliphatic hydroxyl groups is 1. The van der Waals surface area contributed by atoms with E-state index in [-0.39, 0.29) is 18.3 Å². The van der Waals surface area contributed by atoms with Crippen LogP contribution in [0.5, 0.6) is 28.7 Å². The van der Waals surface area contributed by atoms with Crippen LogP contribution in [-0.4, -0.2) is 51.2 Å². The van der Waals surface area contributed by atoms with Gasteiger partial charge in [0, 0.05) is 12.1 Å². The summed E-state index contributed by atoms with van der Waals surface area (Å²) in [6, 6.07) is 7.78. The number of aromatic hydroxyl groups is 1. The zero-order valence-corrected chi connectivity index (χ0v) is 16.1. The maximum atomic E-state index is 12.7. The zero-order chi connectivity index (χ0) is 20.4. The normalized spacial score (nSPS) is 18.5. The molecule has 2 aromatic carbocycles. The van der Waals surface area contributed by atoms with E-state index in [0.717, 1.165) is 0 Å². The highest BCUT2D eigenvalue weighted by Gasteiger charge is 2.49. The summed E-state index contributed by atoms with van der Waals surface area (Å²) in [6.45, 7) is -0.308. The SMILES string of the molecule is COc1ccc([C@H]2[C@@H](CO)C(=O)N2c2cc(OC)c(OC)c(OC)c2)cc1O. The number of ether oxygens (including phenoxy) is 4. The summed E-state index contributed by atoms with van der Waals surface area (Å²) < 4.78 is 21.1. The van der Waals surface area contributed by atoms with Crippen molar-refractivity contribution < 1.29 is 34.0 Å². The number of benzene rings is 2. The van der Waals surface area contributed by atoms with E-state index in [1.807, 2.05) is 0 Å². The van der Waals surface area contributed by atoms with Crippen molar-refractivity contribution in [3.63, 3.8) is 0 Å². The van der Waals surface area contributed by atoms with Gasteiger partial charge in [-0.15, -0.1) is 0 Å². The second kappa shape index (κ2) is 7.85. The number of hydrogen-bond acceptors (Lipinski definition) is 7. The molecule has 0 bridgehead atoms. The molecule has 8 nitrogen and oxygen atoms in total. The number of nitrogens with zero attached hydrogens (tertiary/aromatic N) is 1. The van der Waals surface area contributed by atoms with Crippen molar-refractivity contribution in [3.8, 4) is 28.7 Å². The first-order valence-corrected chi connectivity index (χ1v) is 8.61. The smallest absolute Gasteiger partial charge is 0.235 e. The minimum absolute atomic E-state index is 0.0409. The Balaban J connectivity index is 2.07. The topological polar surface area (TPSA) is 97.7 Å². The second-order valence-electron chi connectivity index (χ2n) is 6.26. The van der Waals surface area contributed by atoms with E-state index < -0.39 is 12.0 Å².